The molecule has 6 nitrogen and oxygen atoms in total. The van der Waals surface area contributed by atoms with Crippen LogP contribution in [0.5, 0.6) is 0 Å². The summed E-state index contributed by atoms with van der Waals surface area (Å²) in [4.78, 5) is 0. The van der Waals surface area contributed by atoms with Gasteiger partial charge in [0.1, 0.15) is 0 Å². The van der Waals surface area contributed by atoms with E-state index in [9.17, 15) is 8.42 Å². The van der Waals surface area contributed by atoms with Crippen molar-refractivity contribution in [2.45, 2.75) is 53.1 Å². The second-order valence-electron chi connectivity index (χ2n) is 5.35. The summed E-state index contributed by atoms with van der Waals surface area (Å²) in [5.74, 6) is 0. The first kappa shape index (κ1) is 15.5. The van der Waals surface area contributed by atoms with Crippen LogP contribution in [-0.4, -0.2) is 35.6 Å². The summed E-state index contributed by atoms with van der Waals surface area (Å²) >= 11 is 0. The summed E-state index contributed by atoms with van der Waals surface area (Å²) < 4.78 is 30.8. The molecule has 1 aromatic heterocycles. The summed E-state index contributed by atoms with van der Waals surface area (Å²) in [5.41, 5.74) is 2.90. The average Bonchev–Trinajstić information content (AvgIpc) is 2.97. The Hall–Kier alpha value is -0.920. The Bertz CT molecular complexity index is 573. The van der Waals surface area contributed by atoms with Gasteiger partial charge in [-0.3, -0.25) is 4.68 Å². The van der Waals surface area contributed by atoms with Crippen LogP contribution in [0.4, 0.5) is 0 Å². The standard InChI is InChI=1S/C13H24N4O2S/c1-5-17-12(4)13(10(2)14-17)11(3)15-20(18,19)16-8-6-7-9-16/h11,15H,5-9H2,1-4H3. The molecule has 1 unspecified atom stereocenters. The fourth-order valence-corrected chi connectivity index (χ4v) is 4.38. The van der Waals surface area contributed by atoms with E-state index in [1.54, 1.807) is 0 Å². The van der Waals surface area contributed by atoms with Crippen LogP contribution >= 0.6 is 0 Å². The Morgan fingerprint density at radius 2 is 1.90 bits per heavy atom. The molecule has 1 N–H and O–H groups in total. The molecule has 0 aromatic carbocycles. The van der Waals surface area contributed by atoms with E-state index in [0.717, 1.165) is 36.3 Å². The maximum absolute atomic E-state index is 12.3. The summed E-state index contributed by atoms with van der Waals surface area (Å²) in [6.07, 6.45) is 1.89. The van der Waals surface area contributed by atoms with Crippen LogP contribution in [0.3, 0.4) is 0 Å². The fourth-order valence-electron chi connectivity index (χ4n) is 2.93. The molecule has 0 radical (unpaired) electrons. The van der Waals surface area contributed by atoms with Gasteiger partial charge in [0.2, 0.25) is 0 Å². The van der Waals surface area contributed by atoms with Crippen LogP contribution in [0.25, 0.3) is 0 Å². The predicted octanol–water partition coefficient (Wildman–Crippen LogP) is 1.51. The Balaban J connectivity index is 2.20. The summed E-state index contributed by atoms with van der Waals surface area (Å²) in [6, 6.07) is -0.263. The number of nitrogens with one attached hydrogen (secondary N) is 1. The van der Waals surface area contributed by atoms with Crippen molar-refractivity contribution in [1.29, 1.82) is 0 Å². The highest BCUT2D eigenvalue weighted by molar-refractivity contribution is 7.87. The molecule has 0 saturated carbocycles. The van der Waals surface area contributed by atoms with Gasteiger partial charge in [0.15, 0.2) is 0 Å². The van der Waals surface area contributed by atoms with Crippen molar-refractivity contribution in [2.75, 3.05) is 13.1 Å². The lowest BCUT2D eigenvalue weighted by atomic mass is 10.1. The van der Waals surface area contributed by atoms with E-state index in [-0.39, 0.29) is 6.04 Å². The molecule has 1 atom stereocenters. The molecule has 1 aliphatic heterocycles. The van der Waals surface area contributed by atoms with Crippen LogP contribution in [0.2, 0.25) is 0 Å². The molecule has 114 valence electrons. The predicted molar refractivity (Wildman–Crippen MR) is 78.7 cm³/mol. The van der Waals surface area contributed by atoms with Gasteiger partial charge in [0, 0.05) is 36.9 Å². The highest BCUT2D eigenvalue weighted by atomic mass is 32.2. The van der Waals surface area contributed by atoms with Gasteiger partial charge in [-0.2, -0.15) is 22.5 Å². The number of hydrogen-bond acceptors (Lipinski definition) is 3. The van der Waals surface area contributed by atoms with E-state index in [2.05, 4.69) is 9.82 Å². The third kappa shape index (κ3) is 2.89. The van der Waals surface area contributed by atoms with Crippen molar-refractivity contribution in [3.05, 3.63) is 17.0 Å². The highest BCUT2D eigenvalue weighted by Crippen LogP contribution is 2.23. The normalized spacial score (nSPS) is 18.6. The van der Waals surface area contributed by atoms with Crippen molar-refractivity contribution in [3.8, 4) is 0 Å². The Morgan fingerprint density at radius 1 is 1.30 bits per heavy atom. The Morgan fingerprint density at radius 3 is 2.40 bits per heavy atom. The number of aryl methyl sites for hydroxylation is 2. The van der Waals surface area contributed by atoms with E-state index >= 15 is 0 Å². The molecule has 0 bridgehead atoms. The topological polar surface area (TPSA) is 67.2 Å². The maximum Gasteiger partial charge on any atom is 0.279 e. The van der Waals surface area contributed by atoms with Gasteiger partial charge >= 0.3 is 0 Å². The molecular formula is C13H24N4O2S. The van der Waals surface area contributed by atoms with Crippen molar-refractivity contribution in [1.82, 2.24) is 18.8 Å². The Kier molecular flexibility index (Phi) is 4.51. The molecule has 7 heteroatoms. The molecule has 0 spiro atoms. The lowest BCUT2D eigenvalue weighted by Crippen LogP contribution is -2.40. The summed E-state index contributed by atoms with van der Waals surface area (Å²) in [6.45, 7) is 9.85. The second-order valence-corrected chi connectivity index (χ2v) is 7.05. The van der Waals surface area contributed by atoms with Gasteiger partial charge in [0.05, 0.1) is 5.69 Å². The quantitative estimate of drug-likeness (QED) is 0.896. The van der Waals surface area contributed by atoms with Crippen LogP contribution in [0.15, 0.2) is 0 Å². The zero-order chi connectivity index (χ0) is 14.9. The monoisotopic (exact) mass is 300 g/mol. The van der Waals surface area contributed by atoms with Crippen LogP contribution in [0, 0.1) is 13.8 Å². The molecule has 1 aliphatic rings. The minimum absolute atomic E-state index is 0.263. The third-order valence-electron chi connectivity index (χ3n) is 3.90. The van der Waals surface area contributed by atoms with Crippen LogP contribution in [-0.2, 0) is 16.8 Å². The van der Waals surface area contributed by atoms with Crippen molar-refractivity contribution in [3.63, 3.8) is 0 Å². The Labute approximate surface area is 121 Å². The van der Waals surface area contributed by atoms with E-state index < -0.39 is 10.2 Å². The van der Waals surface area contributed by atoms with Crippen molar-refractivity contribution >= 4 is 10.2 Å². The zero-order valence-electron chi connectivity index (χ0n) is 12.7. The third-order valence-corrected chi connectivity index (χ3v) is 5.60. The molecule has 0 amide bonds. The van der Waals surface area contributed by atoms with E-state index in [4.69, 9.17) is 0 Å². The van der Waals surface area contributed by atoms with E-state index in [1.807, 2.05) is 32.4 Å². The van der Waals surface area contributed by atoms with Crippen molar-refractivity contribution in [2.24, 2.45) is 0 Å². The molecule has 2 rings (SSSR count). The molecular weight excluding hydrogens is 276 g/mol. The minimum Gasteiger partial charge on any atom is -0.270 e. The van der Waals surface area contributed by atoms with Gasteiger partial charge in [-0.1, -0.05) is 0 Å². The smallest absolute Gasteiger partial charge is 0.270 e. The highest BCUT2D eigenvalue weighted by Gasteiger charge is 2.28. The number of rotatable bonds is 5. The van der Waals surface area contributed by atoms with Crippen LogP contribution in [0.1, 0.15) is 49.7 Å². The van der Waals surface area contributed by atoms with Crippen molar-refractivity contribution < 1.29 is 8.42 Å². The molecule has 1 aromatic rings. The first-order chi connectivity index (χ1) is 9.36. The lowest BCUT2D eigenvalue weighted by molar-refractivity contribution is 0.456. The summed E-state index contributed by atoms with van der Waals surface area (Å²) in [7, 11) is -3.39. The zero-order valence-corrected chi connectivity index (χ0v) is 13.5. The number of nitrogens with zero attached hydrogens (tertiary/aromatic N) is 3. The molecule has 1 saturated heterocycles. The second kappa shape index (κ2) is 5.83. The average molecular weight is 300 g/mol. The molecule has 1 fully saturated rings. The fraction of sp³-hybridized carbons (Fsp3) is 0.769. The van der Waals surface area contributed by atoms with Gasteiger partial charge in [-0.15, -0.1) is 0 Å². The maximum atomic E-state index is 12.3. The van der Waals surface area contributed by atoms with Gasteiger partial charge in [0.25, 0.3) is 10.2 Å². The van der Waals surface area contributed by atoms with E-state index in [0.29, 0.717) is 13.1 Å². The lowest BCUT2D eigenvalue weighted by Gasteiger charge is -2.20. The summed E-state index contributed by atoms with van der Waals surface area (Å²) in [5, 5.41) is 4.45. The van der Waals surface area contributed by atoms with Gasteiger partial charge in [-0.25, -0.2) is 0 Å². The molecule has 2 heterocycles. The minimum atomic E-state index is -3.39. The first-order valence-corrected chi connectivity index (χ1v) is 8.62. The molecule has 20 heavy (non-hydrogen) atoms. The first-order valence-electron chi connectivity index (χ1n) is 7.18. The molecule has 0 aliphatic carbocycles. The van der Waals surface area contributed by atoms with Crippen LogP contribution < -0.4 is 4.72 Å². The largest absolute Gasteiger partial charge is 0.279 e. The van der Waals surface area contributed by atoms with Gasteiger partial charge in [-0.05, 0) is 40.5 Å². The number of aromatic nitrogens is 2. The van der Waals surface area contributed by atoms with E-state index in [1.165, 1.54) is 4.31 Å². The number of hydrogen-bond donors (Lipinski definition) is 1. The SMILES string of the molecule is CCn1nc(C)c(C(C)NS(=O)(=O)N2CCCC2)c1C. The van der Waals surface area contributed by atoms with Gasteiger partial charge < -0.3 is 0 Å².